The SMILES string of the molecule is Cc1csc(Sc2ccnc(N)n2)n1. The number of hydrogen-bond donors (Lipinski definition) is 1. The van der Waals surface area contributed by atoms with Crippen LogP contribution in [0.25, 0.3) is 0 Å². The molecule has 6 heteroatoms. The Bertz CT molecular complexity index is 440. The van der Waals surface area contributed by atoms with Crippen molar-refractivity contribution in [1.29, 1.82) is 0 Å². The predicted octanol–water partition coefficient (Wildman–Crippen LogP) is 1.97. The molecular weight excluding hydrogens is 216 g/mol. The van der Waals surface area contributed by atoms with E-state index in [2.05, 4.69) is 15.0 Å². The molecule has 0 amide bonds. The first-order valence-electron chi connectivity index (χ1n) is 3.92. The molecule has 0 spiro atoms. The Kier molecular flexibility index (Phi) is 2.64. The van der Waals surface area contributed by atoms with Gasteiger partial charge in [-0.25, -0.2) is 15.0 Å². The van der Waals surface area contributed by atoms with Crippen molar-refractivity contribution < 1.29 is 0 Å². The van der Waals surface area contributed by atoms with E-state index in [4.69, 9.17) is 5.73 Å². The van der Waals surface area contributed by atoms with Crippen molar-refractivity contribution in [2.75, 3.05) is 5.73 Å². The highest BCUT2D eigenvalue weighted by Crippen LogP contribution is 2.28. The predicted molar refractivity (Wildman–Crippen MR) is 57.4 cm³/mol. The average molecular weight is 224 g/mol. The van der Waals surface area contributed by atoms with Gasteiger partial charge in [-0.3, -0.25) is 0 Å². The van der Waals surface area contributed by atoms with E-state index in [9.17, 15) is 0 Å². The number of aromatic nitrogens is 3. The molecule has 0 radical (unpaired) electrons. The molecule has 4 nitrogen and oxygen atoms in total. The third-order valence-corrected chi connectivity index (χ3v) is 3.43. The van der Waals surface area contributed by atoms with Gasteiger partial charge >= 0.3 is 0 Å². The maximum absolute atomic E-state index is 5.46. The Morgan fingerprint density at radius 3 is 2.93 bits per heavy atom. The van der Waals surface area contributed by atoms with Crippen molar-refractivity contribution >= 4 is 29.0 Å². The van der Waals surface area contributed by atoms with Gasteiger partial charge in [0.25, 0.3) is 0 Å². The van der Waals surface area contributed by atoms with E-state index in [0.717, 1.165) is 15.1 Å². The molecule has 0 fully saturated rings. The van der Waals surface area contributed by atoms with Gasteiger partial charge in [-0.2, -0.15) is 0 Å². The molecule has 2 heterocycles. The van der Waals surface area contributed by atoms with E-state index in [0.29, 0.717) is 5.95 Å². The second kappa shape index (κ2) is 3.93. The zero-order valence-corrected chi connectivity index (χ0v) is 9.10. The molecule has 0 aliphatic carbocycles. The zero-order chi connectivity index (χ0) is 9.97. The number of hydrogen-bond acceptors (Lipinski definition) is 6. The van der Waals surface area contributed by atoms with Crippen LogP contribution < -0.4 is 5.73 Å². The summed E-state index contributed by atoms with van der Waals surface area (Å²) in [7, 11) is 0. The van der Waals surface area contributed by atoms with E-state index >= 15 is 0 Å². The number of nitrogens with zero attached hydrogens (tertiary/aromatic N) is 3. The van der Waals surface area contributed by atoms with Crippen LogP contribution in [-0.4, -0.2) is 15.0 Å². The molecule has 0 atom stereocenters. The van der Waals surface area contributed by atoms with Crippen LogP contribution in [-0.2, 0) is 0 Å². The van der Waals surface area contributed by atoms with Crippen molar-refractivity contribution in [1.82, 2.24) is 15.0 Å². The van der Waals surface area contributed by atoms with E-state index in [-0.39, 0.29) is 0 Å². The van der Waals surface area contributed by atoms with Crippen molar-refractivity contribution in [3.05, 3.63) is 23.3 Å². The Labute approximate surface area is 89.6 Å². The molecule has 0 saturated heterocycles. The van der Waals surface area contributed by atoms with Gasteiger partial charge in [-0.05, 0) is 24.8 Å². The number of aryl methyl sites for hydroxylation is 1. The second-order valence-corrected chi connectivity index (χ2v) is 4.74. The minimum absolute atomic E-state index is 0.295. The quantitative estimate of drug-likeness (QED) is 0.790. The summed E-state index contributed by atoms with van der Waals surface area (Å²) in [6.07, 6.45) is 1.64. The fourth-order valence-corrected chi connectivity index (χ4v) is 2.63. The van der Waals surface area contributed by atoms with Crippen molar-refractivity contribution in [2.45, 2.75) is 16.3 Å². The van der Waals surface area contributed by atoms with E-state index in [1.807, 2.05) is 18.4 Å². The highest BCUT2D eigenvalue weighted by molar-refractivity contribution is 8.01. The Morgan fingerprint density at radius 1 is 1.43 bits per heavy atom. The summed E-state index contributed by atoms with van der Waals surface area (Å²) in [6, 6.07) is 1.82. The first-order chi connectivity index (χ1) is 6.74. The Morgan fingerprint density at radius 2 is 2.29 bits per heavy atom. The van der Waals surface area contributed by atoms with Crippen LogP contribution in [0.4, 0.5) is 5.95 Å². The van der Waals surface area contributed by atoms with Crippen LogP contribution in [0.1, 0.15) is 5.69 Å². The number of nitrogen functional groups attached to an aromatic ring is 1. The molecule has 0 aliphatic heterocycles. The normalized spacial score (nSPS) is 10.4. The highest BCUT2D eigenvalue weighted by atomic mass is 32.2. The number of thiazole rings is 1. The van der Waals surface area contributed by atoms with Crippen molar-refractivity contribution in [3.63, 3.8) is 0 Å². The fourth-order valence-electron chi connectivity index (χ4n) is 0.882. The molecule has 14 heavy (non-hydrogen) atoms. The van der Waals surface area contributed by atoms with Gasteiger partial charge in [0.05, 0.1) is 0 Å². The molecule has 0 bridgehead atoms. The summed E-state index contributed by atoms with van der Waals surface area (Å²) in [5, 5.41) is 2.83. The standard InChI is InChI=1S/C8H8N4S2/c1-5-4-13-8(11-5)14-6-2-3-10-7(9)12-6/h2-4H,1H3,(H2,9,10,12). The summed E-state index contributed by atoms with van der Waals surface area (Å²) < 4.78 is 0.973. The van der Waals surface area contributed by atoms with Crippen molar-refractivity contribution in [2.24, 2.45) is 0 Å². The van der Waals surface area contributed by atoms with Crippen LogP contribution in [0.5, 0.6) is 0 Å². The first-order valence-corrected chi connectivity index (χ1v) is 5.62. The lowest BCUT2D eigenvalue weighted by molar-refractivity contribution is 1.06. The third kappa shape index (κ3) is 2.21. The largest absolute Gasteiger partial charge is 0.368 e. The maximum atomic E-state index is 5.46. The molecule has 0 aromatic carbocycles. The number of rotatable bonds is 2. The van der Waals surface area contributed by atoms with Gasteiger partial charge in [-0.1, -0.05) is 0 Å². The average Bonchev–Trinajstić information content (AvgIpc) is 2.51. The van der Waals surface area contributed by atoms with E-state index < -0.39 is 0 Å². The van der Waals surface area contributed by atoms with Crippen molar-refractivity contribution in [3.8, 4) is 0 Å². The third-order valence-electron chi connectivity index (χ3n) is 1.44. The van der Waals surface area contributed by atoms with Crippen LogP contribution in [0.15, 0.2) is 27.0 Å². The fraction of sp³-hybridized carbons (Fsp3) is 0.125. The van der Waals surface area contributed by atoms with Crippen LogP contribution >= 0.6 is 23.1 Å². The Balaban J connectivity index is 2.18. The molecule has 0 unspecified atom stereocenters. The summed E-state index contributed by atoms with van der Waals surface area (Å²) in [5.41, 5.74) is 6.49. The second-order valence-electron chi connectivity index (χ2n) is 2.61. The molecule has 0 saturated carbocycles. The van der Waals surface area contributed by atoms with Gasteiger partial charge in [0.2, 0.25) is 5.95 Å². The molecular formula is C8H8N4S2. The zero-order valence-electron chi connectivity index (χ0n) is 7.47. The summed E-state index contributed by atoms with van der Waals surface area (Å²) >= 11 is 3.10. The molecule has 2 aromatic heterocycles. The molecule has 2 aromatic rings. The highest BCUT2D eigenvalue weighted by Gasteiger charge is 2.03. The minimum atomic E-state index is 0.295. The maximum Gasteiger partial charge on any atom is 0.221 e. The lowest BCUT2D eigenvalue weighted by atomic mass is 10.6. The lowest BCUT2D eigenvalue weighted by Crippen LogP contribution is -1.93. The van der Waals surface area contributed by atoms with Crippen LogP contribution in [0, 0.1) is 6.92 Å². The van der Waals surface area contributed by atoms with Gasteiger partial charge < -0.3 is 5.73 Å². The monoisotopic (exact) mass is 224 g/mol. The summed E-state index contributed by atoms with van der Waals surface area (Å²) in [6.45, 7) is 1.97. The van der Waals surface area contributed by atoms with Gasteiger partial charge in [0, 0.05) is 17.3 Å². The smallest absolute Gasteiger partial charge is 0.221 e. The van der Waals surface area contributed by atoms with Crippen LogP contribution in [0.3, 0.4) is 0 Å². The topological polar surface area (TPSA) is 64.7 Å². The molecule has 0 aliphatic rings. The molecule has 2 rings (SSSR count). The van der Waals surface area contributed by atoms with Crippen LogP contribution in [0.2, 0.25) is 0 Å². The van der Waals surface area contributed by atoms with Gasteiger partial charge in [0.1, 0.15) is 5.03 Å². The van der Waals surface area contributed by atoms with E-state index in [1.165, 1.54) is 11.8 Å². The Hall–Kier alpha value is -1.14. The number of nitrogens with two attached hydrogens (primary N) is 1. The number of anilines is 1. The van der Waals surface area contributed by atoms with Gasteiger partial charge in [-0.15, -0.1) is 11.3 Å². The molecule has 2 N–H and O–H groups in total. The molecule has 72 valence electrons. The van der Waals surface area contributed by atoms with E-state index in [1.54, 1.807) is 17.5 Å². The van der Waals surface area contributed by atoms with Gasteiger partial charge in [0.15, 0.2) is 4.34 Å². The summed E-state index contributed by atoms with van der Waals surface area (Å²) in [4.78, 5) is 12.2. The summed E-state index contributed by atoms with van der Waals surface area (Å²) in [5.74, 6) is 0.295. The first kappa shape index (κ1) is 9.42. The lowest BCUT2D eigenvalue weighted by Gasteiger charge is -1.96. The minimum Gasteiger partial charge on any atom is -0.368 e.